The molecule has 144 valence electrons. The van der Waals surface area contributed by atoms with E-state index in [4.69, 9.17) is 16.7 Å². The minimum Gasteiger partial charge on any atom is -0.481 e. The number of benzene rings is 1. The van der Waals surface area contributed by atoms with Crippen LogP contribution in [0.5, 0.6) is 0 Å². The molecule has 1 unspecified atom stereocenters. The van der Waals surface area contributed by atoms with Crippen LogP contribution < -0.4 is 10.6 Å². The highest BCUT2D eigenvalue weighted by Crippen LogP contribution is 2.30. The summed E-state index contributed by atoms with van der Waals surface area (Å²) in [5, 5.41) is 16.3. The monoisotopic (exact) mass is 391 g/mol. The first kappa shape index (κ1) is 19.2. The van der Waals surface area contributed by atoms with Crippen molar-refractivity contribution in [1.82, 2.24) is 15.6 Å². The summed E-state index contributed by atoms with van der Waals surface area (Å²) in [6.45, 7) is 0.361. The summed E-state index contributed by atoms with van der Waals surface area (Å²) in [7, 11) is 0. The van der Waals surface area contributed by atoms with Gasteiger partial charge in [0, 0.05) is 46.4 Å². The van der Waals surface area contributed by atoms with E-state index in [1.54, 1.807) is 6.07 Å². The maximum Gasteiger partial charge on any atom is 0.303 e. The van der Waals surface area contributed by atoms with Crippen molar-refractivity contribution in [3.63, 3.8) is 0 Å². The molecular formula is C19H22ClN3O4. The lowest BCUT2D eigenvalue weighted by atomic mass is 9.86. The average Bonchev–Trinajstić information content (AvgIpc) is 3.19. The Balaban J connectivity index is 1.53. The Kier molecular flexibility index (Phi) is 5.70. The van der Waals surface area contributed by atoms with E-state index in [0.717, 1.165) is 16.6 Å². The number of aliphatic carboxylic acids is 1. The van der Waals surface area contributed by atoms with E-state index in [1.165, 1.54) is 0 Å². The van der Waals surface area contributed by atoms with E-state index in [0.29, 0.717) is 37.3 Å². The van der Waals surface area contributed by atoms with Crippen LogP contribution in [0.4, 0.5) is 0 Å². The molecule has 7 nitrogen and oxygen atoms in total. The van der Waals surface area contributed by atoms with Crippen LogP contribution >= 0.6 is 11.6 Å². The number of carbonyl (C=O) groups excluding carboxylic acids is 2. The third-order valence-corrected chi connectivity index (χ3v) is 5.23. The van der Waals surface area contributed by atoms with E-state index in [-0.39, 0.29) is 24.7 Å². The third-order valence-electron chi connectivity index (χ3n) is 5.00. The van der Waals surface area contributed by atoms with Crippen LogP contribution in [0.25, 0.3) is 10.9 Å². The lowest BCUT2D eigenvalue weighted by Crippen LogP contribution is -2.43. The number of halogens is 1. The van der Waals surface area contributed by atoms with Crippen molar-refractivity contribution >= 4 is 40.3 Å². The van der Waals surface area contributed by atoms with Crippen LogP contribution in [0.1, 0.15) is 44.2 Å². The normalized spacial score (nSPS) is 19.2. The van der Waals surface area contributed by atoms with Crippen molar-refractivity contribution in [1.29, 1.82) is 0 Å². The van der Waals surface area contributed by atoms with E-state index >= 15 is 0 Å². The summed E-state index contributed by atoms with van der Waals surface area (Å²) in [4.78, 5) is 37.9. The largest absolute Gasteiger partial charge is 0.481 e. The van der Waals surface area contributed by atoms with Crippen molar-refractivity contribution in [2.45, 2.75) is 50.6 Å². The Morgan fingerprint density at radius 1 is 1.22 bits per heavy atom. The fraction of sp³-hybridized carbons (Fsp3) is 0.421. The van der Waals surface area contributed by atoms with Gasteiger partial charge in [-0.25, -0.2) is 0 Å². The number of amides is 2. The average molecular weight is 392 g/mol. The molecule has 2 amide bonds. The molecule has 0 radical (unpaired) electrons. The first-order chi connectivity index (χ1) is 12.8. The predicted octanol–water partition coefficient (Wildman–Crippen LogP) is 2.73. The summed E-state index contributed by atoms with van der Waals surface area (Å²) in [5.41, 5.74) is 1.23. The van der Waals surface area contributed by atoms with Crippen LogP contribution in [-0.2, 0) is 20.9 Å². The van der Waals surface area contributed by atoms with Crippen molar-refractivity contribution in [3.8, 4) is 0 Å². The molecule has 1 fully saturated rings. The van der Waals surface area contributed by atoms with Crippen molar-refractivity contribution in [2.24, 2.45) is 0 Å². The molecule has 0 aliphatic carbocycles. The number of aromatic nitrogens is 1. The van der Waals surface area contributed by atoms with Gasteiger partial charge in [0.05, 0.1) is 6.54 Å². The number of carbonyl (C=O) groups is 3. The smallest absolute Gasteiger partial charge is 0.303 e. The molecule has 1 atom stereocenters. The van der Waals surface area contributed by atoms with Gasteiger partial charge in [0.2, 0.25) is 11.8 Å². The van der Waals surface area contributed by atoms with Crippen LogP contribution in [0.2, 0.25) is 5.02 Å². The number of rotatable bonds is 8. The van der Waals surface area contributed by atoms with Crippen LogP contribution in [0.15, 0.2) is 24.3 Å². The van der Waals surface area contributed by atoms with Gasteiger partial charge in [0.1, 0.15) is 0 Å². The first-order valence-corrected chi connectivity index (χ1v) is 9.30. The Labute approximate surface area is 161 Å². The molecular weight excluding hydrogens is 370 g/mol. The van der Waals surface area contributed by atoms with Crippen LogP contribution in [0.3, 0.4) is 0 Å². The zero-order valence-electron chi connectivity index (χ0n) is 14.8. The topological polar surface area (TPSA) is 111 Å². The molecule has 3 rings (SSSR count). The van der Waals surface area contributed by atoms with Gasteiger partial charge in [0.25, 0.3) is 0 Å². The second-order valence-corrected chi connectivity index (χ2v) is 7.46. The van der Waals surface area contributed by atoms with Gasteiger partial charge in [-0.05, 0) is 43.5 Å². The highest BCUT2D eigenvalue weighted by atomic mass is 35.5. The van der Waals surface area contributed by atoms with Crippen molar-refractivity contribution in [2.75, 3.05) is 0 Å². The molecule has 8 heteroatoms. The molecule has 1 aromatic heterocycles. The number of aromatic amines is 1. The predicted molar refractivity (Wildman–Crippen MR) is 101 cm³/mol. The summed E-state index contributed by atoms with van der Waals surface area (Å²) < 4.78 is 0. The minimum absolute atomic E-state index is 0.0283. The van der Waals surface area contributed by atoms with Gasteiger partial charge in [-0.2, -0.15) is 0 Å². The number of hydrogen-bond donors (Lipinski definition) is 4. The van der Waals surface area contributed by atoms with Gasteiger partial charge in [-0.15, -0.1) is 0 Å². The zero-order valence-corrected chi connectivity index (χ0v) is 15.6. The standard InChI is InChI=1S/C19H22ClN3O4/c20-13-1-2-15-12(9-13)10-14(22-15)11-21-16(24)3-6-19(8-5-18(26)27)7-4-17(25)23-19/h1-2,9-10,22H,3-8,11H2,(H,21,24)(H,23,25)(H,26,27). The highest BCUT2D eigenvalue weighted by molar-refractivity contribution is 6.31. The summed E-state index contributed by atoms with van der Waals surface area (Å²) in [6, 6.07) is 7.48. The molecule has 4 N–H and O–H groups in total. The highest BCUT2D eigenvalue weighted by Gasteiger charge is 2.37. The fourth-order valence-corrected chi connectivity index (χ4v) is 3.69. The Morgan fingerprint density at radius 3 is 2.70 bits per heavy atom. The van der Waals surface area contributed by atoms with Crippen LogP contribution in [-0.4, -0.2) is 33.4 Å². The quantitative estimate of drug-likeness (QED) is 0.554. The SMILES string of the molecule is O=C(O)CCC1(CCC(=O)NCc2cc3cc(Cl)ccc3[nH]2)CCC(=O)N1. The first-order valence-electron chi connectivity index (χ1n) is 8.92. The molecule has 1 aromatic carbocycles. The summed E-state index contributed by atoms with van der Waals surface area (Å²) >= 11 is 5.98. The third kappa shape index (κ3) is 5.01. The second-order valence-electron chi connectivity index (χ2n) is 7.03. The van der Waals surface area contributed by atoms with Gasteiger partial charge >= 0.3 is 5.97 Å². The van der Waals surface area contributed by atoms with Crippen molar-refractivity contribution < 1.29 is 19.5 Å². The summed E-state index contributed by atoms with van der Waals surface area (Å²) in [5.74, 6) is -1.13. The number of carboxylic acid groups (broad SMARTS) is 1. The molecule has 1 aliphatic rings. The number of H-pyrrole nitrogens is 1. The number of hydrogen-bond acceptors (Lipinski definition) is 3. The maximum absolute atomic E-state index is 12.2. The van der Waals surface area contributed by atoms with Gasteiger partial charge in [0.15, 0.2) is 0 Å². The lowest BCUT2D eigenvalue weighted by Gasteiger charge is -2.28. The van der Waals surface area contributed by atoms with Crippen LogP contribution in [0, 0.1) is 0 Å². The molecule has 0 bridgehead atoms. The minimum atomic E-state index is -0.904. The molecule has 2 heterocycles. The van der Waals surface area contributed by atoms with Gasteiger partial charge in [-0.3, -0.25) is 14.4 Å². The number of carboxylic acids is 1. The number of fused-ring (bicyclic) bond motifs is 1. The number of nitrogens with one attached hydrogen (secondary N) is 3. The fourth-order valence-electron chi connectivity index (χ4n) is 3.51. The molecule has 0 spiro atoms. The second kappa shape index (κ2) is 8.00. The Hall–Kier alpha value is -2.54. The van der Waals surface area contributed by atoms with E-state index < -0.39 is 11.5 Å². The van der Waals surface area contributed by atoms with E-state index in [1.807, 2.05) is 18.2 Å². The van der Waals surface area contributed by atoms with Gasteiger partial charge in [-0.1, -0.05) is 11.6 Å². The van der Waals surface area contributed by atoms with Crippen molar-refractivity contribution in [3.05, 3.63) is 35.0 Å². The molecule has 2 aromatic rings. The molecule has 27 heavy (non-hydrogen) atoms. The maximum atomic E-state index is 12.2. The molecule has 1 saturated heterocycles. The Bertz CT molecular complexity index is 879. The van der Waals surface area contributed by atoms with Gasteiger partial charge < -0.3 is 20.7 Å². The van der Waals surface area contributed by atoms with E-state index in [9.17, 15) is 14.4 Å². The summed E-state index contributed by atoms with van der Waals surface area (Å²) in [6.07, 6.45) is 1.91. The molecule has 1 aliphatic heterocycles. The van der Waals surface area contributed by atoms with E-state index in [2.05, 4.69) is 15.6 Å². The molecule has 0 saturated carbocycles. The lowest BCUT2D eigenvalue weighted by molar-refractivity contribution is -0.137. The zero-order chi connectivity index (χ0) is 19.4. The Morgan fingerprint density at radius 2 is 2.00 bits per heavy atom.